The van der Waals surface area contributed by atoms with E-state index in [0.717, 1.165) is 33.9 Å². The van der Waals surface area contributed by atoms with Crippen LogP contribution in [-0.2, 0) is 11.2 Å². The summed E-state index contributed by atoms with van der Waals surface area (Å²) in [6.45, 7) is 3.65. The number of nitrogens with one attached hydrogen (secondary N) is 1. The number of amides is 1. The van der Waals surface area contributed by atoms with Crippen LogP contribution < -0.4 is 9.80 Å². The van der Waals surface area contributed by atoms with Crippen LogP contribution in [0.15, 0.2) is 54.6 Å². The molecule has 4 nitrogen and oxygen atoms in total. The van der Waals surface area contributed by atoms with Crippen LogP contribution in [0.5, 0.6) is 0 Å². The first-order chi connectivity index (χ1) is 13.1. The van der Waals surface area contributed by atoms with E-state index in [4.69, 9.17) is 4.98 Å². The molecule has 5 heteroatoms. The third-order valence-electron chi connectivity index (χ3n) is 4.40. The van der Waals surface area contributed by atoms with E-state index in [0.29, 0.717) is 6.54 Å². The SMILES string of the molecule is CCc1ccc2nc(N(CC[NH+](C)C)C(=O)/C=C/c3ccccc3)sc2c1. The maximum Gasteiger partial charge on any atom is 0.252 e. The van der Waals surface area contributed by atoms with Crippen LogP contribution in [0.4, 0.5) is 5.13 Å². The number of carbonyl (C=O) groups excluding carboxylic acids is 1. The molecule has 0 unspecified atom stereocenters. The summed E-state index contributed by atoms with van der Waals surface area (Å²) < 4.78 is 1.13. The van der Waals surface area contributed by atoms with Gasteiger partial charge in [0.05, 0.1) is 37.4 Å². The molecule has 1 N–H and O–H groups in total. The van der Waals surface area contributed by atoms with Crippen LogP contribution in [0.2, 0.25) is 0 Å². The second-order valence-corrected chi connectivity index (χ2v) is 7.85. The van der Waals surface area contributed by atoms with Gasteiger partial charge >= 0.3 is 0 Å². The number of likely N-dealkylation sites (N-methyl/N-ethyl adjacent to an activating group) is 1. The van der Waals surface area contributed by atoms with Crippen molar-refractivity contribution in [3.63, 3.8) is 0 Å². The highest BCUT2D eigenvalue weighted by Gasteiger charge is 2.19. The summed E-state index contributed by atoms with van der Waals surface area (Å²) in [6, 6.07) is 16.2. The van der Waals surface area contributed by atoms with E-state index in [1.807, 2.05) is 42.5 Å². The van der Waals surface area contributed by atoms with E-state index in [-0.39, 0.29) is 5.91 Å². The molecule has 140 valence electrons. The van der Waals surface area contributed by atoms with Crippen molar-refractivity contribution in [2.75, 3.05) is 32.1 Å². The molecule has 0 radical (unpaired) electrons. The van der Waals surface area contributed by atoms with Gasteiger partial charge in [-0.1, -0.05) is 54.7 Å². The van der Waals surface area contributed by atoms with Gasteiger partial charge in [-0.25, -0.2) is 4.98 Å². The molecule has 0 atom stereocenters. The Morgan fingerprint density at radius 1 is 1.19 bits per heavy atom. The Hall–Kier alpha value is -2.50. The molecule has 0 aliphatic rings. The fourth-order valence-corrected chi connectivity index (χ4v) is 3.81. The Labute approximate surface area is 164 Å². The van der Waals surface area contributed by atoms with Gasteiger partial charge in [-0.2, -0.15) is 0 Å². The number of anilines is 1. The second kappa shape index (κ2) is 8.93. The minimum Gasteiger partial charge on any atom is -0.338 e. The zero-order valence-corrected chi connectivity index (χ0v) is 16.9. The number of thiazole rings is 1. The van der Waals surface area contributed by atoms with Crippen molar-refractivity contribution in [3.05, 3.63) is 65.7 Å². The average Bonchev–Trinajstić information content (AvgIpc) is 3.09. The molecular weight excluding hydrogens is 354 g/mol. The number of carbonyl (C=O) groups is 1. The summed E-state index contributed by atoms with van der Waals surface area (Å²) in [6.07, 6.45) is 4.50. The Kier molecular flexibility index (Phi) is 6.37. The Morgan fingerprint density at radius 2 is 1.96 bits per heavy atom. The second-order valence-electron chi connectivity index (χ2n) is 6.84. The number of hydrogen-bond donors (Lipinski definition) is 1. The lowest BCUT2D eigenvalue weighted by molar-refractivity contribution is -0.856. The molecule has 1 heterocycles. The molecule has 0 saturated heterocycles. The lowest BCUT2D eigenvalue weighted by Gasteiger charge is -2.19. The van der Waals surface area contributed by atoms with E-state index < -0.39 is 0 Å². The van der Waals surface area contributed by atoms with Crippen molar-refractivity contribution in [1.82, 2.24) is 4.98 Å². The Balaban J connectivity index is 1.88. The number of nitrogens with zero attached hydrogens (tertiary/aromatic N) is 2. The molecule has 0 bridgehead atoms. The predicted octanol–water partition coefficient (Wildman–Crippen LogP) is 3.05. The Bertz CT molecular complexity index is 931. The molecule has 1 amide bonds. The van der Waals surface area contributed by atoms with Crippen LogP contribution in [-0.4, -0.2) is 38.1 Å². The van der Waals surface area contributed by atoms with Gasteiger partial charge in [0, 0.05) is 6.08 Å². The van der Waals surface area contributed by atoms with E-state index in [9.17, 15) is 4.79 Å². The molecule has 0 saturated carbocycles. The zero-order valence-electron chi connectivity index (χ0n) is 16.1. The van der Waals surface area contributed by atoms with Crippen molar-refractivity contribution >= 4 is 38.7 Å². The molecule has 1 aromatic heterocycles. The molecule has 0 fully saturated rings. The summed E-state index contributed by atoms with van der Waals surface area (Å²) in [5.41, 5.74) is 3.26. The lowest BCUT2D eigenvalue weighted by atomic mass is 10.2. The highest BCUT2D eigenvalue weighted by molar-refractivity contribution is 7.22. The number of fused-ring (bicyclic) bond motifs is 1. The van der Waals surface area contributed by atoms with Crippen LogP contribution in [0.25, 0.3) is 16.3 Å². The largest absolute Gasteiger partial charge is 0.338 e. The van der Waals surface area contributed by atoms with Gasteiger partial charge in [-0.05, 0) is 35.8 Å². The molecule has 27 heavy (non-hydrogen) atoms. The summed E-state index contributed by atoms with van der Waals surface area (Å²) in [5, 5.41) is 0.766. The van der Waals surface area contributed by atoms with E-state index in [1.54, 1.807) is 22.3 Å². The molecule has 0 aliphatic heterocycles. The van der Waals surface area contributed by atoms with Gasteiger partial charge in [-0.3, -0.25) is 9.69 Å². The normalized spacial score (nSPS) is 11.6. The van der Waals surface area contributed by atoms with Crippen LogP contribution in [0, 0.1) is 0 Å². The van der Waals surface area contributed by atoms with Gasteiger partial charge in [0.2, 0.25) is 0 Å². The molecular formula is C22H26N3OS+. The third-order valence-corrected chi connectivity index (χ3v) is 5.44. The number of hydrogen-bond acceptors (Lipinski definition) is 3. The quantitative estimate of drug-likeness (QED) is 0.640. The van der Waals surface area contributed by atoms with Gasteiger partial charge in [-0.15, -0.1) is 0 Å². The minimum atomic E-state index is -0.0325. The minimum absolute atomic E-state index is 0.0325. The summed E-state index contributed by atoms with van der Waals surface area (Å²) in [4.78, 5) is 20.7. The van der Waals surface area contributed by atoms with E-state index in [2.05, 4.69) is 33.2 Å². The van der Waals surface area contributed by atoms with Crippen molar-refractivity contribution in [3.8, 4) is 0 Å². The average molecular weight is 381 g/mol. The molecule has 3 rings (SSSR count). The first-order valence-electron chi connectivity index (χ1n) is 9.30. The Morgan fingerprint density at radius 3 is 2.67 bits per heavy atom. The van der Waals surface area contributed by atoms with E-state index >= 15 is 0 Å². The van der Waals surface area contributed by atoms with Gasteiger partial charge in [0.25, 0.3) is 5.91 Å². The topological polar surface area (TPSA) is 37.6 Å². The first kappa shape index (κ1) is 19.3. The summed E-state index contributed by atoms with van der Waals surface area (Å²) in [5.74, 6) is -0.0325. The highest BCUT2D eigenvalue weighted by Crippen LogP contribution is 2.30. The molecule has 2 aromatic carbocycles. The predicted molar refractivity (Wildman–Crippen MR) is 115 cm³/mol. The van der Waals surface area contributed by atoms with Crippen molar-refractivity contribution in [1.29, 1.82) is 0 Å². The third kappa shape index (κ3) is 5.02. The number of benzene rings is 2. The molecule has 0 spiro atoms. The maximum atomic E-state index is 12.9. The number of rotatable bonds is 7. The van der Waals surface area contributed by atoms with Crippen LogP contribution in [0.3, 0.4) is 0 Å². The fraction of sp³-hybridized carbons (Fsp3) is 0.273. The fourth-order valence-electron chi connectivity index (χ4n) is 2.75. The molecule has 3 aromatic rings. The summed E-state index contributed by atoms with van der Waals surface area (Å²) in [7, 11) is 4.18. The standard InChI is InChI=1S/C22H25N3OS/c1-4-17-10-12-19-20(16-17)27-22(23-19)25(15-14-24(2)3)21(26)13-11-18-8-6-5-7-9-18/h5-13,16H,4,14-15H2,1-3H3/p+1/b13-11+. The summed E-state index contributed by atoms with van der Waals surface area (Å²) >= 11 is 1.59. The maximum absolute atomic E-state index is 12.9. The molecule has 0 aliphatic carbocycles. The number of aromatic nitrogens is 1. The van der Waals surface area contributed by atoms with Gasteiger partial charge < -0.3 is 4.90 Å². The van der Waals surface area contributed by atoms with Crippen molar-refractivity contribution in [2.45, 2.75) is 13.3 Å². The first-order valence-corrected chi connectivity index (χ1v) is 10.1. The van der Waals surface area contributed by atoms with Crippen LogP contribution >= 0.6 is 11.3 Å². The lowest BCUT2D eigenvalue weighted by Crippen LogP contribution is -3.06. The van der Waals surface area contributed by atoms with E-state index in [1.165, 1.54) is 10.5 Å². The smallest absolute Gasteiger partial charge is 0.252 e. The highest BCUT2D eigenvalue weighted by atomic mass is 32.1. The van der Waals surface area contributed by atoms with Crippen molar-refractivity contribution in [2.24, 2.45) is 0 Å². The van der Waals surface area contributed by atoms with Gasteiger partial charge in [0.15, 0.2) is 5.13 Å². The number of aryl methyl sites for hydroxylation is 1. The van der Waals surface area contributed by atoms with Crippen molar-refractivity contribution < 1.29 is 9.69 Å². The monoisotopic (exact) mass is 380 g/mol. The zero-order chi connectivity index (χ0) is 19.2. The number of quaternary nitrogens is 1. The van der Waals surface area contributed by atoms with Gasteiger partial charge in [0.1, 0.15) is 0 Å². The van der Waals surface area contributed by atoms with Crippen LogP contribution in [0.1, 0.15) is 18.1 Å².